The summed E-state index contributed by atoms with van der Waals surface area (Å²) in [6.07, 6.45) is 3.45. The van der Waals surface area contributed by atoms with Gasteiger partial charge in [-0.1, -0.05) is 19.1 Å². The van der Waals surface area contributed by atoms with Crippen molar-refractivity contribution in [2.75, 3.05) is 12.3 Å². The number of hydrogen-bond donors (Lipinski definition) is 1. The summed E-state index contributed by atoms with van der Waals surface area (Å²) in [6.45, 7) is 2.78. The van der Waals surface area contributed by atoms with Crippen LogP contribution in [0.1, 0.15) is 25.3 Å². The summed E-state index contributed by atoms with van der Waals surface area (Å²) in [5.74, 6) is 0.163. The Labute approximate surface area is 103 Å². The van der Waals surface area contributed by atoms with Crippen molar-refractivity contribution in [2.45, 2.75) is 37.1 Å². The normalized spacial score (nSPS) is 20.6. The van der Waals surface area contributed by atoms with E-state index < -0.39 is 9.84 Å². The minimum atomic E-state index is -3.06. The molecule has 3 nitrogen and oxygen atoms in total. The van der Waals surface area contributed by atoms with E-state index in [1.54, 1.807) is 19.1 Å². The zero-order valence-electron chi connectivity index (χ0n) is 10.1. The minimum absolute atomic E-state index is 0.163. The van der Waals surface area contributed by atoms with Crippen molar-refractivity contribution >= 4 is 9.84 Å². The third kappa shape index (κ3) is 3.07. The van der Waals surface area contributed by atoms with Crippen LogP contribution >= 0.6 is 0 Å². The summed E-state index contributed by atoms with van der Waals surface area (Å²) in [5.41, 5.74) is 1.21. The van der Waals surface area contributed by atoms with Crippen LogP contribution in [0, 0.1) is 0 Å². The standard InChI is InChI=1S/C13H19NO2S/c1-2-17(15,16)13-7-5-11(6-8-13)10-12-4-3-9-14-12/h5-8,12,14H,2-4,9-10H2,1H3. The number of hydrogen-bond acceptors (Lipinski definition) is 3. The van der Waals surface area contributed by atoms with Gasteiger partial charge in [0.1, 0.15) is 0 Å². The topological polar surface area (TPSA) is 46.2 Å². The van der Waals surface area contributed by atoms with Gasteiger partial charge in [-0.15, -0.1) is 0 Å². The van der Waals surface area contributed by atoms with E-state index >= 15 is 0 Å². The third-order valence-electron chi connectivity index (χ3n) is 3.31. The van der Waals surface area contributed by atoms with E-state index in [-0.39, 0.29) is 5.75 Å². The van der Waals surface area contributed by atoms with Gasteiger partial charge in [0.05, 0.1) is 10.6 Å². The maximum Gasteiger partial charge on any atom is 0.178 e. The largest absolute Gasteiger partial charge is 0.314 e. The lowest BCUT2D eigenvalue weighted by Crippen LogP contribution is -2.23. The van der Waals surface area contributed by atoms with Gasteiger partial charge in [-0.25, -0.2) is 8.42 Å². The lowest BCUT2D eigenvalue weighted by Gasteiger charge is -2.10. The molecule has 4 heteroatoms. The van der Waals surface area contributed by atoms with Crippen LogP contribution in [0.5, 0.6) is 0 Å². The van der Waals surface area contributed by atoms with Gasteiger partial charge in [0.25, 0.3) is 0 Å². The molecule has 0 spiro atoms. The molecule has 94 valence electrons. The highest BCUT2D eigenvalue weighted by Crippen LogP contribution is 2.16. The SMILES string of the molecule is CCS(=O)(=O)c1ccc(CC2CCCN2)cc1. The van der Waals surface area contributed by atoms with Crippen molar-refractivity contribution in [1.82, 2.24) is 5.32 Å². The Morgan fingerprint density at radius 3 is 2.53 bits per heavy atom. The van der Waals surface area contributed by atoms with Crippen LogP contribution in [0.4, 0.5) is 0 Å². The quantitative estimate of drug-likeness (QED) is 0.889. The van der Waals surface area contributed by atoms with Crippen molar-refractivity contribution in [1.29, 1.82) is 0 Å². The van der Waals surface area contributed by atoms with Gasteiger partial charge in [0.2, 0.25) is 0 Å². The Morgan fingerprint density at radius 1 is 1.29 bits per heavy atom. The summed E-state index contributed by atoms with van der Waals surface area (Å²) < 4.78 is 23.3. The molecule has 17 heavy (non-hydrogen) atoms. The fraction of sp³-hybridized carbons (Fsp3) is 0.538. The van der Waals surface area contributed by atoms with E-state index in [4.69, 9.17) is 0 Å². The molecule has 1 unspecified atom stereocenters. The molecular weight excluding hydrogens is 234 g/mol. The van der Waals surface area contributed by atoms with E-state index in [0.717, 1.165) is 13.0 Å². The van der Waals surface area contributed by atoms with Crippen LogP contribution in [0.2, 0.25) is 0 Å². The highest BCUT2D eigenvalue weighted by molar-refractivity contribution is 7.91. The number of sulfone groups is 1. The first-order chi connectivity index (χ1) is 8.12. The van der Waals surface area contributed by atoms with Crippen molar-refractivity contribution in [3.05, 3.63) is 29.8 Å². The monoisotopic (exact) mass is 253 g/mol. The van der Waals surface area contributed by atoms with E-state index in [1.807, 2.05) is 12.1 Å². The Bertz CT molecular complexity index is 459. The van der Waals surface area contributed by atoms with Crippen LogP contribution < -0.4 is 5.32 Å². The van der Waals surface area contributed by atoms with Gasteiger partial charge >= 0.3 is 0 Å². The van der Waals surface area contributed by atoms with Crippen LogP contribution in [-0.4, -0.2) is 26.8 Å². The lowest BCUT2D eigenvalue weighted by atomic mass is 10.1. The van der Waals surface area contributed by atoms with Crippen LogP contribution in [0.25, 0.3) is 0 Å². The Kier molecular flexibility index (Phi) is 3.84. The summed E-state index contributed by atoms with van der Waals surface area (Å²) in [4.78, 5) is 0.433. The van der Waals surface area contributed by atoms with E-state index in [0.29, 0.717) is 10.9 Å². The highest BCUT2D eigenvalue weighted by atomic mass is 32.2. The Balaban J connectivity index is 2.07. The first kappa shape index (κ1) is 12.6. The predicted octanol–water partition coefficient (Wildman–Crippen LogP) is 1.77. The molecule has 1 saturated heterocycles. The fourth-order valence-electron chi connectivity index (χ4n) is 2.21. The molecular formula is C13H19NO2S. The molecule has 1 N–H and O–H groups in total. The molecule has 1 aliphatic heterocycles. The number of nitrogens with one attached hydrogen (secondary N) is 1. The van der Waals surface area contributed by atoms with E-state index in [1.165, 1.54) is 18.4 Å². The molecule has 0 aromatic heterocycles. The van der Waals surface area contributed by atoms with Crippen LogP contribution in [0.15, 0.2) is 29.2 Å². The second-order valence-electron chi connectivity index (χ2n) is 4.54. The smallest absolute Gasteiger partial charge is 0.178 e. The molecule has 1 atom stereocenters. The van der Waals surface area contributed by atoms with Crippen molar-refractivity contribution < 1.29 is 8.42 Å². The summed E-state index contributed by atoms with van der Waals surface area (Å²) in [6, 6.07) is 7.88. The fourth-order valence-corrected chi connectivity index (χ4v) is 3.10. The average Bonchev–Trinajstić information content (AvgIpc) is 2.83. The van der Waals surface area contributed by atoms with Crippen molar-refractivity contribution in [2.24, 2.45) is 0 Å². The second-order valence-corrected chi connectivity index (χ2v) is 6.82. The Hall–Kier alpha value is -0.870. The minimum Gasteiger partial charge on any atom is -0.314 e. The molecule has 0 bridgehead atoms. The predicted molar refractivity (Wildman–Crippen MR) is 68.9 cm³/mol. The molecule has 1 heterocycles. The zero-order valence-corrected chi connectivity index (χ0v) is 11.0. The van der Waals surface area contributed by atoms with Gasteiger partial charge in [0.15, 0.2) is 9.84 Å². The molecule has 1 aliphatic rings. The average molecular weight is 253 g/mol. The molecule has 0 radical (unpaired) electrons. The summed E-state index contributed by atoms with van der Waals surface area (Å²) >= 11 is 0. The van der Waals surface area contributed by atoms with Crippen molar-refractivity contribution in [3.8, 4) is 0 Å². The summed E-state index contributed by atoms with van der Waals surface area (Å²) in [5, 5.41) is 3.44. The summed E-state index contributed by atoms with van der Waals surface area (Å²) in [7, 11) is -3.06. The highest BCUT2D eigenvalue weighted by Gasteiger charge is 2.15. The number of benzene rings is 1. The Morgan fingerprint density at radius 2 is 2.00 bits per heavy atom. The maximum absolute atomic E-state index is 11.6. The first-order valence-corrected chi connectivity index (χ1v) is 7.82. The second kappa shape index (κ2) is 5.19. The van der Waals surface area contributed by atoms with Crippen LogP contribution in [-0.2, 0) is 16.3 Å². The van der Waals surface area contributed by atoms with Gasteiger partial charge < -0.3 is 5.32 Å². The molecule has 1 aromatic rings. The molecule has 0 aliphatic carbocycles. The van der Waals surface area contributed by atoms with Gasteiger partial charge in [-0.05, 0) is 43.5 Å². The molecule has 0 saturated carbocycles. The third-order valence-corrected chi connectivity index (χ3v) is 5.06. The van der Waals surface area contributed by atoms with Crippen molar-refractivity contribution in [3.63, 3.8) is 0 Å². The zero-order chi connectivity index (χ0) is 12.3. The molecule has 1 aromatic carbocycles. The maximum atomic E-state index is 11.6. The molecule has 2 rings (SSSR count). The van der Waals surface area contributed by atoms with E-state index in [2.05, 4.69) is 5.32 Å². The number of rotatable bonds is 4. The first-order valence-electron chi connectivity index (χ1n) is 6.17. The van der Waals surface area contributed by atoms with Gasteiger partial charge in [-0.2, -0.15) is 0 Å². The van der Waals surface area contributed by atoms with Crippen LogP contribution in [0.3, 0.4) is 0 Å². The lowest BCUT2D eigenvalue weighted by molar-refractivity contribution is 0.596. The van der Waals surface area contributed by atoms with Gasteiger partial charge in [0, 0.05) is 6.04 Å². The van der Waals surface area contributed by atoms with Gasteiger partial charge in [-0.3, -0.25) is 0 Å². The molecule has 0 amide bonds. The van der Waals surface area contributed by atoms with E-state index in [9.17, 15) is 8.42 Å². The molecule has 1 fully saturated rings.